The van der Waals surface area contributed by atoms with Crippen molar-refractivity contribution in [3.63, 3.8) is 0 Å². The van der Waals surface area contributed by atoms with Crippen LogP contribution in [0.4, 0.5) is 5.69 Å². The molecule has 1 amide bonds. The highest BCUT2D eigenvalue weighted by Crippen LogP contribution is 2.28. The van der Waals surface area contributed by atoms with E-state index < -0.39 is 0 Å². The van der Waals surface area contributed by atoms with E-state index in [9.17, 15) is 14.7 Å². The van der Waals surface area contributed by atoms with Gasteiger partial charge in [0.25, 0.3) is 5.56 Å². The van der Waals surface area contributed by atoms with Crippen molar-refractivity contribution >= 4 is 22.4 Å². The van der Waals surface area contributed by atoms with Crippen LogP contribution in [-0.2, 0) is 4.79 Å². The van der Waals surface area contributed by atoms with Crippen molar-refractivity contribution in [2.24, 2.45) is 5.92 Å². The van der Waals surface area contributed by atoms with Gasteiger partial charge in [-0.05, 0) is 50.3 Å². The minimum absolute atomic E-state index is 0.0328. The van der Waals surface area contributed by atoms with E-state index in [1.165, 1.54) is 30.3 Å². The number of benzene rings is 1. The summed E-state index contributed by atoms with van der Waals surface area (Å²) < 4.78 is 1.54. The molecule has 2 N–H and O–H groups in total. The zero-order valence-electron chi connectivity index (χ0n) is 16.3. The molecule has 1 aromatic carbocycles. The van der Waals surface area contributed by atoms with Gasteiger partial charge in [-0.25, -0.2) is 0 Å². The molecule has 1 heterocycles. The number of aromatic nitrogens is 1. The molecule has 0 bridgehead atoms. The fraction of sp³-hybridized carbons (Fsp3) is 0.545. The smallest absolute Gasteiger partial charge is 0.258 e. The lowest BCUT2D eigenvalue weighted by Crippen LogP contribution is -2.25. The van der Waals surface area contributed by atoms with Gasteiger partial charge >= 0.3 is 0 Å². The van der Waals surface area contributed by atoms with E-state index in [1.54, 1.807) is 19.2 Å². The summed E-state index contributed by atoms with van der Waals surface area (Å²) in [5.74, 6) is 0.496. The fourth-order valence-corrected chi connectivity index (χ4v) is 4.07. The van der Waals surface area contributed by atoms with E-state index in [-0.39, 0.29) is 24.1 Å². The Hall–Kier alpha value is -2.14. The molecule has 146 valence electrons. The summed E-state index contributed by atoms with van der Waals surface area (Å²) >= 11 is 0. The minimum Gasteiger partial charge on any atom is -0.394 e. The van der Waals surface area contributed by atoms with Gasteiger partial charge in [0.2, 0.25) is 5.91 Å². The molecule has 1 unspecified atom stereocenters. The monoisotopic (exact) mass is 370 g/mol. The third-order valence-electron chi connectivity index (χ3n) is 5.77. The summed E-state index contributed by atoms with van der Waals surface area (Å²) in [6, 6.07) is 5.25. The second kappa shape index (κ2) is 8.70. The lowest BCUT2D eigenvalue weighted by molar-refractivity contribution is -0.117. The number of nitrogens with one attached hydrogen (secondary N) is 1. The van der Waals surface area contributed by atoms with Crippen LogP contribution in [0.2, 0.25) is 0 Å². The van der Waals surface area contributed by atoms with E-state index in [0.29, 0.717) is 17.7 Å². The standard InChI is InChI=1S/C22H30N2O3/c1-15-9-10-19-18(11-12-24(22(19)27)16(2)14-25)21(15)23-20(26)13-17-7-5-3-4-6-8-17/h9-12,16-17,25H,3-8,13-14H2,1-2H3,(H,23,26). The van der Waals surface area contributed by atoms with Gasteiger partial charge in [0, 0.05) is 23.4 Å². The molecule has 5 nitrogen and oxygen atoms in total. The highest BCUT2D eigenvalue weighted by atomic mass is 16.3. The van der Waals surface area contributed by atoms with Crippen LogP contribution in [0.25, 0.3) is 10.8 Å². The normalized spacial score (nSPS) is 16.9. The molecule has 1 atom stereocenters. The molecule has 0 aliphatic heterocycles. The number of aliphatic hydroxyl groups excluding tert-OH is 1. The lowest BCUT2D eigenvalue weighted by atomic mass is 9.96. The first-order chi connectivity index (χ1) is 13.0. The third kappa shape index (κ3) is 4.41. The Morgan fingerprint density at radius 3 is 2.56 bits per heavy atom. The molecule has 0 saturated heterocycles. The van der Waals surface area contributed by atoms with Crippen molar-refractivity contribution in [1.29, 1.82) is 0 Å². The van der Waals surface area contributed by atoms with Crippen molar-refractivity contribution in [2.75, 3.05) is 11.9 Å². The molecular weight excluding hydrogens is 340 g/mol. The van der Waals surface area contributed by atoms with E-state index in [2.05, 4.69) is 5.32 Å². The van der Waals surface area contributed by atoms with Gasteiger partial charge in [0.1, 0.15) is 0 Å². The Labute approximate surface area is 160 Å². The predicted octanol–water partition coefficient (Wildman–Crippen LogP) is 4.16. The quantitative estimate of drug-likeness (QED) is 0.776. The highest BCUT2D eigenvalue weighted by molar-refractivity contribution is 6.03. The number of hydrogen-bond donors (Lipinski definition) is 2. The number of anilines is 1. The number of carbonyl (C=O) groups is 1. The number of aliphatic hydroxyl groups is 1. The van der Waals surface area contributed by atoms with Gasteiger partial charge in [-0.3, -0.25) is 9.59 Å². The summed E-state index contributed by atoms with van der Waals surface area (Å²) in [5, 5.41) is 13.8. The third-order valence-corrected chi connectivity index (χ3v) is 5.77. The minimum atomic E-state index is -0.281. The van der Waals surface area contributed by atoms with E-state index in [4.69, 9.17) is 0 Å². The molecule has 1 fully saturated rings. The molecule has 1 aliphatic carbocycles. The van der Waals surface area contributed by atoms with Crippen molar-refractivity contribution < 1.29 is 9.90 Å². The summed E-state index contributed by atoms with van der Waals surface area (Å²) in [4.78, 5) is 25.4. The van der Waals surface area contributed by atoms with E-state index in [1.807, 2.05) is 19.1 Å². The number of aryl methyl sites for hydroxylation is 1. The van der Waals surface area contributed by atoms with Crippen molar-refractivity contribution in [2.45, 2.75) is 64.8 Å². The summed E-state index contributed by atoms with van der Waals surface area (Å²) in [6.07, 6.45) is 9.50. The summed E-state index contributed by atoms with van der Waals surface area (Å²) in [7, 11) is 0. The maximum atomic E-state index is 12.8. The molecule has 1 saturated carbocycles. The molecule has 2 aromatic rings. The summed E-state index contributed by atoms with van der Waals surface area (Å²) in [6.45, 7) is 3.65. The Balaban J connectivity index is 1.87. The first-order valence-corrected chi connectivity index (χ1v) is 10.1. The zero-order chi connectivity index (χ0) is 19.4. The Morgan fingerprint density at radius 2 is 1.89 bits per heavy atom. The maximum Gasteiger partial charge on any atom is 0.258 e. The lowest BCUT2D eigenvalue weighted by Gasteiger charge is -2.17. The zero-order valence-corrected chi connectivity index (χ0v) is 16.3. The van der Waals surface area contributed by atoms with Gasteiger partial charge in [0.05, 0.1) is 18.3 Å². The molecule has 0 radical (unpaired) electrons. The van der Waals surface area contributed by atoms with Crippen LogP contribution in [0.15, 0.2) is 29.2 Å². The first-order valence-electron chi connectivity index (χ1n) is 10.1. The van der Waals surface area contributed by atoms with Crippen LogP contribution >= 0.6 is 0 Å². The first kappa shape index (κ1) is 19.6. The molecule has 27 heavy (non-hydrogen) atoms. The predicted molar refractivity (Wildman–Crippen MR) is 109 cm³/mol. The molecule has 1 aromatic heterocycles. The average Bonchev–Trinajstić information content (AvgIpc) is 2.92. The Morgan fingerprint density at radius 1 is 1.19 bits per heavy atom. The van der Waals surface area contributed by atoms with Crippen molar-refractivity contribution in [3.05, 3.63) is 40.3 Å². The molecule has 1 aliphatic rings. The fourth-order valence-electron chi connectivity index (χ4n) is 4.07. The number of pyridine rings is 1. The van der Waals surface area contributed by atoms with Gasteiger partial charge in [-0.15, -0.1) is 0 Å². The van der Waals surface area contributed by atoms with Crippen LogP contribution in [-0.4, -0.2) is 22.2 Å². The molecule has 0 spiro atoms. The number of carbonyl (C=O) groups excluding carboxylic acids is 1. The highest BCUT2D eigenvalue weighted by Gasteiger charge is 2.18. The van der Waals surface area contributed by atoms with Gasteiger partial charge in [-0.2, -0.15) is 0 Å². The van der Waals surface area contributed by atoms with Crippen LogP contribution in [0.3, 0.4) is 0 Å². The van der Waals surface area contributed by atoms with E-state index in [0.717, 1.165) is 29.5 Å². The van der Waals surface area contributed by atoms with E-state index >= 15 is 0 Å². The Kier molecular flexibility index (Phi) is 6.32. The second-order valence-corrected chi connectivity index (χ2v) is 7.89. The second-order valence-electron chi connectivity index (χ2n) is 7.89. The van der Waals surface area contributed by atoms with Crippen LogP contribution in [0.5, 0.6) is 0 Å². The van der Waals surface area contributed by atoms with Crippen LogP contribution < -0.4 is 10.9 Å². The number of nitrogens with zero attached hydrogens (tertiary/aromatic N) is 1. The van der Waals surface area contributed by atoms with Gasteiger partial charge in [0.15, 0.2) is 0 Å². The molecular formula is C22H30N2O3. The number of amides is 1. The van der Waals surface area contributed by atoms with Crippen molar-refractivity contribution in [1.82, 2.24) is 4.57 Å². The van der Waals surface area contributed by atoms with Crippen LogP contribution in [0.1, 0.15) is 63.5 Å². The number of fused-ring (bicyclic) bond motifs is 1. The van der Waals surface area contributed by atoms with Crippen molar-refractivity contribution in [3.8, 4) is 0 Å². The molecule has 5 heteroatoms. The van der Waals surface area contributed by atoms with Gasteiger partial charge in [-0.1, -0.05) is 31.7 Å². The maximum absolute atomic E-state index is 12.8. The number of hydrogen-bond acceptors (Lipinski definition) is 3. The average molecular weight is 370 g/mol. The topological polar surface area (TPSA) is 71.3 Å². The largest absolute Gasteiger partial charge is 0.394 e. The Bertz CT molecular complexity index is 864. The SMILES string of the molecule is Cc1ccc2c(=O)n(C(C)CO)ccc2c1NC(=O)CC1CCCCCC1. The molecule has 3 rings (SSSR count). The van der Waals surface area contributed by atoms with Gasteiger partial charge < -0.3 is 15.0 Å². The number of rotatable bonds is 5. The summed E-state index contributed by atoms with van der Waals surface area (Å²) in [5.41, 5.74) is 1.53. The van der Waals surface area contributed by atoms with Crippen LogP contribution in [0, 0.1) is 12.8 Å².